The molecule has 0 saturated carbocycles. The van der Waals surface area contributed by atoms with Crippen LogP contribution >= 0.6 is 0 Å². The van der Waals surface area contributed by atoms with Crippen LogP contribution in [0.1, 0.15) is 35.5 Å². The molecular formula is C19H23N3O4. The molecule has 138 valence electrons. The first-order chi connectivity index (χ1) is 12.6. The van der Waals surface area contributed by atoms with Crippen molar-refractivity contribution in [2.75, 3.05) is 32.8 Å². The zero-order valence-corrected chi connectivity index (χ0v) is 14.9. The van der Waals surface area contributed by atoms with Crippen molar-refractivity contribution in [3.8, 4) is 0 Å². The number of amides is 2. The van der Waals surface area contributed by atoms with Crippen molar-refractivity contribution in [3.05, 3.63) is 29.7 Å². The van der Waals surface area contributed by atoms with Gasteiger partial charge in [-0.3, -0.25) is 9.59 Å². The van der Waals surface area contributed by atoms with Crippen LogP contribution < -0.4 is 0 Å². The molecule has 2 aliphatic heterocycles. The second kappa shape index (κ2) is 7.07. The van der Waals surface area contributed by atoms with E-state index in [1.165, 1.54) is 0 Å². The molecule has 0 spiro atoms. The normalized spacial score (nSPS) is 21.2. The number of carbonyl (C=O) groups is 2. The third-order valence-electron chi connectivity index (χ3n) is 5.04. The molecule has 2 aromatic rings. The van der Waals surface area contributed by atoms with E-state index < -0.39 is 0 Å². The summed E-state index contributed by atoms with van der Waals surface area (Å²) in [5, 5.41) is 0. The maximum atomic E-state index is 12.9. The first kappa shape index (κ1) is 17.0. The quantitative estimate of drug-likeness (QED) is 0.822. The van der Waals surface area contributed by atoms with E-state index in [0.717, 1.165) is 24.8 Å². The van der Waals surface area contributed by atoms with Crippen molar-refractivity contribution in [1.29, 1.82) is 0 Å². The Labute approximate surface area is 151 Å². The molecule has 0 aliphatic carbocycles. The summed E-state index contributed by atoms with van der Waals surface area (Å²) in [4.78, 5) is 33.3. The molecule has 1 aromatic heterocycles. The summed E-state index contributed by atoms with van der Waals surface area (Å²) < 4.78 is 11.0. The van der Waals surface area contributed by atoms with Crippen LogP contribution in [0.15, 0.2) is 22.6 Å². The predicted molar refractivity (Wildman–Crippen MR) is 94.8 cm³/mol. The Morgan fingerprint density at radius 2 is 1.92 bits per heavy atom. The second-order valence-electron chi connectivity index (χ2n) is 6.89. The summed E-state index contributed by atoms with van der Waals surface area (Å²) in [5.74, 6) is 0.616. The van der Waals surface area contributed by atoms with E-state index in [9.17, 15) is 9.59 Å². The second-order valence-corrected chi connectivity index (χ2v) is 6.89. The lowest BCUT2D eigenvalue weighted by atomic mass is 10.1. The van der Waals surface area contributed by atoms with E-state index >= 15 is 0 Å². The summed E-state index contributed by atoms with van der Waals surface area (Å²) >= 11 is 0. The zero-order chi connectivity index (χ0) is 18.1. The standard InChI is InChI=1S/C19H23N3O4/c1-13-20-15-6-5-14(12-17(15)26-13)18(23)21-7-3-8-22(10-9-21)19(24)16-4-2-11-25-16/h5-6,12,16H,2-4,7-11H2,1H3. The number of hydrogen-bond acceptors (Lipinski definition) is 5. The number of aromatic nitrogens is 1. The average molecular weight is 357 g/mol. The highest BCUT2D eigenvalue weighted by Gasteiger charge is 2.30. The summed E-state index contributed by atoms with van der Waals surface area (Å²) in [5.41, 5.74) is 1.97. The first-order valence-electron chi connectivity index (χ1n) is 9.19. The summed E-state index contributed by atoms with van der Waals surface area (Å²) in [7, 11) is 0. The molecule has 2 saturated heterocycles. The van der Waals surface area contributed by atoms with Gasteiger partial charge in [-0.2, -0.15) is 0 Å². The van der Waals surface area contributed by atoms with Crippen molar-refractivity contribution in [2.45, 2.75) is 32.3 Å². The lowest BCUT2D eigenvalue weighted by molar-refractivity contribution is -0.140. The van der Waals surface area contributed by atoms with Crippen molar-refractivity contribution < 1.29 is 18.7 Å². The van der Waals surface area contributed by atoms with Crippen LogP contribution in [-0.2, 0) is 9.53 Å². The maximum Gasteiger partial charge on any atom is 0.254 e. The molecule has 26 heavy (non-hydrogen) atoms. The minimum Gasteiger partial charge on any atom is -0.441 e. The zero-order valence-electron chi connectivity index (χ0n) is 14.9. The van der Waals surface area contributed by atoms with Crippen LogP contribution in [0.3, 0.4) is 0 Å². The fourth-order valence-corrected chi connectivity index (χ4v) is 3.67. The molecule has 0 bridgehead atoms. The highest BCUT2D eigenvalue weighted by molar-refractivity contribution is 5.97. The van der Waals surface area contributed by atoms with Gasteiger partial charge in [-0.05, 0) is 37.5 Å². The van der Waals surface area contributed by atoms with Gasteiger partial charge in [0.1, 0.15) is 11.6 Å². The number of ether oxygens (including phenoxy) is 1. The van der Waals surface area contributed by atoms with Crippen LogP contribution in [0.2, 0.25) is 0 Å². The van der Waals surface area contributed by atoms with Gasteiger partial charge in [0, 0.05) is 45.3 Å². The van der Waals surface area contributed by atoms with E-state index in [-0.39, 0.29) is 17.9 Å². The maximum absolute atomic E-state index is 12.9. The van der Waals surface area contributed by atoms with Gasteiger partial charge >= 0.3 is 0 Å². The number of hydrogen-bond donors (Lipinski definition) is 0. The molecule has 2 aliphatic rings. The van der Waals surface area contributed by atoms with Crippen LogP contribution in [-0.4, -0.2) is 65.5 Å². The molecule has 4 rings (SSSR count). The third kappa shape index (κ3) is 3.31. The topological polar surface area (TPSA) is 75.9 Å². The van der Waals surface area contributed by atoms with Gasteiger partial charge < -0.3 is 19.0 Å². The molecule has 0 N–H and O–H groups in total. The molecule has 3 heterocycles. The van der Waals surface area contributed by atoms with Gasteiger partial charge in [-0.1, -0.05) is 0 Å². The molecule has 7 heteroatoms. The van der Waals surface area contributed by atoms with Crippen LogP contribution in [0.5, 0.6) is 0 Å². The first-order valence-corrected chi connectivity index (χ1v) is 9.19. The van der Waals surface area contributed by atoms with Crippen molar-refractivity contribution in [3.63, 3.8) is 0 Å². The third-order valence-corrected chi connectivity index (χ3v) is 5.04. The number of rotatable bonds is 2. The number of oxazole rings is 1. The van der Waals surface area contributed by atoms with E-state index in [1.54, 1.807) is 19.1 Å². The minimum atomic E-state index is -0.297. The van der Waals surface area contributed by atoms with Gasteiger partial charge in [0.15, 0.2) is 11.5 Å². The van der Waals surface area contributed by atoms with E-state index in [0.29, 0.717) is 49.8 Å². The molecule has 2 fully saturated rings. The number of fused-ring (bicyclic) bond motifs is 1. The van der Waals surface area contributed by atoms with E-state index in [1.807, 2.05) is 15.9 Å². The predicted octanol–water partition coefficient (Wildman–Crippen LogP) is 1.99. The highest BCUT2D eigenvalue weighted by atomic mass is 16.5. The fourth-order valence-electron chi connectivity index (χ4n) is 3.67. The van der Waals surface area contributed by atoms with Gasteiger partial charge in [-0.15, -0.1) is 0 Å². The monoisotopic (exact) mass is 357 g/mol. The summed E-state index contributed by atoms with van der Waals surface area (Å²) in [6, 6.07) is 5.34. The molecule has 1 unspecified atom stereocenters. The average Bonchev–Trinajstić information content (AvgIpc) is 3.23. The van der Waals surface area contributed by atoms with Gasteiger partial charge in [0.05, 0.1) is 0 Å². The summed E-state index contributed by atoms with van der Waals surface area (Å²) in [6.07, 6.45) is 2.22. The Kier molecular flexibility index (Phi) is 4.63. The van der Waals surface area contributed by atoms with Gasteiger partial charge in [-0.25, -0.2) is 4.98 Å². The Balaban J connectivity index is 1.44. The van der Waals surface area contributed by atoms with Crippen LogP contribution in [0, 0.1) is 6.92 Å². The molecular weight excluding hydrogens is 334 g/mol. The van der Waals surface area contributed by atoms with Crippen LogP contribution in [0.4, 0.5) is 0 Å². The Morgan fingerprint density at radius 3 is 2.73 bits per heavy atom. The number of aryl methyl sites for hydroxylation is 1. The Bertz CT molecular complexity index is 825. The Morgan fingerprint density at radius 1 is 1.12 bits per heavy atom. The van der Waals surface area contributed by atoms with Crippen molar-refractivity contribution in [2.24, 2.45) is 0 Å². The molecule has 0 radical (unpaired) electrons. The Hall–Kier alpha value is -2.41. The minimum absolute atomic E-state index is 0.0348. The smallest absolute Gasteiger partial charge is 0.254 e. The number of nitrogens with zero attached hydrogens (tertiary/aromatic N) is 3. The lowest BCUT2D eigenvalue weighted by Gasteiger charge is -2.24. The number of benzene rings is 1. The van der Waals surface area contributed by atoms with Gasteiger partial charge in [0.25, 0.3) is 11.8 Å². The molecule has 1 aromatic carbocycles. The summed E-state index contributed by atoms with van der Waals surface area (Å²) in [6.45, 7) is 4.84. The molecule has 2 amide bonds. The van der Waals surface area contributed by atoms with Crippen molar-refractivity contribution in [1.82, 2.24) is 14.8 Å². The fraction of sp³-hybridized carbons (Fsp3) is 0.526. The number of carbonyl (C=O) groups excluding carboxylic acids is 2. The molecule has 7 nitrogen and oxygen atoms in total. The molecule has 1 atom stereocenters. The van der Waals surface area contributed by atoms with E-state index in [2.05, 4.69) is 4.98 Å². The SMILES string of the molecule is Cc1nc2ccc(C(=O)N3CCCN(C(=O)C4CCCO4)CC3)cc2o1. The largest absolute Gasteiger partial charge is 0.441 e. The highest BCUT2D eigenvalue weighted by Crippen LogP contribution is 2.20. The van der Waals surface area contributed by atoms with Crippen molar-refractivity contribution >= 4 is 22.9 Å². The lowest BCUT2D eigenvalue weighted by Crippen LogP contribution is -2.41. The van der Waals surface area contributed by atoms with E-state index in [4.69, 9.17) is 9.15 Å². The van der Waals surface area contributed by atoms with Gasteiger partial charge in [0.2, 0.25) is 0 Å². The van der Waals surface area contributed by atoms with Crippen LogP contribution in [0.25, 0.3) is 11.1 Å².